The number of nitrogens with two attached hydrogens (primary N) is 3. The van der Waals surface area contributed by atoms with Gasteiger partial charge in [-0.3, -0.25) is 0 Å². The van der Waals surface area contributed by atoms with E-state index in [9.17, 15) is 0 Å². The highest BCUT2D eigenvalue weighted by atomic mass is 15.4. The van der Waals surface area contributed by atoms with Gasteiger partial charge in [0.1, 0.15) is 5.82 Å². The van der Waals surface area contributed by atoms with E-state index in [4.69, 9.17) is 17.3 Å². The quantitative estimate of drug-likeness (QED) is 0.508. The van der Waals surface area contributed by atoms with E-state index in [2.05, 4.69) is 15.2 Å². The molecular weight excluding hydrogens is 182 g/mol. The Labute approximate surface area is 79.5 Å². The lowest BCUT2D eigenvalue weighted by molar-refractivity contribution is 1.02. The molecule has 0 aliphatic rings. The number of anilines is 2. The summed E-state index contributed by atoms with van der Waals surface area (Å²) in [6.45, 7) is 0. The van der Waals surface area contributed by atoms with E-state index in [1.165, 1.54) is 4.68 Å². The normalized spacial score (nSPS) is 10.3. The zero-order valence-electron chi connectivity index (χ0n) is 7.25. The first-order valence-electron chi connectivity index (χ1n) is 3.86. The summed E-state index contributed by atoms with van der Waals surface area (Å²) in [5, 5.41) is 7.43. The molecule has 6 N–H and O–H groups in total. The lowest BCUT2D eigenvalue weighted by Crippen LogP contribution is -2.13. The number of nitrogens with zero attached hydrogens (tertiary/aromatic N) is 4. The van der Waals surface area contributed by atoms with Crippen molar-refractivity contribution in [2.24, 2.45) is 0 Å². The van der Waals surface area contributed by atoms with Gasteiger partial charge in [-0.05, 0) is 12.1 Å². The predicted octanol–water partition coefficient (Wildman–Crippen LogP) is -0.782. The summed E-state index contributed by atoms with van der Waals surface area (Å²) < 4.78 is 1.19. The molecule has 7 heteroatoms. The standard InChI is InChI=1S/C7H9N7/c8-5-3-4(1-2-11-5)6-12-13-7(9)14(6)10/h1-3H,10H2,(H2,8,11)(H2,9,13). The Hall–Kier alpha value is -2.31. The molecule has 0 radical (unpaired) electrons. The van der Waals surface area contributed by atoms with Crippen LogP contribution >= 0.6 is 0 Å². The van der Waals surface area contributed by atoms with E-state index >= 15 is 0 Å². The molecule has 0 spiro atoms. The summed E-state index contributed by atoms with van der Waals surface area (Å²) in [4.78, 5) is 3.85. The van der Waals surface area contributed by atoms with Crippen molar-refractivity contribution in [1.82, 2.24) is 19.9 Å². The molecule has 2 aromatic rings. The average Bonchev–Trinajstić information content (AvgIpc) is 2.48. The fraction of sp³-hybridized carbons (Fsp3) is 0. The molecule has 0 fully saturated rings. The summed E-state index contributed by atoms with van der Waals surface area (Å²) in [6, 6.07) is 3.37. The molecule has 0 saturated heterocycles. The van der Waals surface area contributed by atoms with Crippen LogP contribution in [0.5, 0.6) is 0 Å². The van der Waals surface area contributed by atoms with Crippen LogP contribution in [0.4, 0.5) is 11.8 Å². The van der Waals surface area contributed by atoms with E-state index < -0.39 is 0 Å². The molecule has 0 atom stereocenters. The van der Waals surface area contributed by atoms with Crippen LogP contribution in [0.1, 0.15) is 0 Å². The van der Waals surface area contributed by atoms with Crippen LogP contribution in [-0.2, 0) is 0 Å². The van der Waals surface area contributed by atoms with Gasteiger partial charge in [-0.1, -0.05) is 0 Å². The van der Waals surface area contributed by atoms with Crippen LogP contribution in [0.15, 0.2) is 18.3 Å². The Morgan fingerprint density at radius 1 is 1.21 bits per heavy atom. The Morgan fingerprint density at radius 3 is 2.57 bits per heavy atom. The van der Waals surface area contributed by atoms with Gasteiger partial charge in [0.15, 0.2) is 5.82 Å². The fourth-order valence-corrected chi connectivity index (χ4v) is 1.09. The summed E-state index contributed by atoms with van der Waals surface area (Å²) >= 11 is 0. The molecule has 0 unspecified atom stereocenters. The van der Waals surface area contributed by atoms with Gasteiger partial charge in [0.2, 0.25) is 5.95 Å². The maximum atomic E-state index is 5.59. The molecule has 0 amide bonds. The second kappa shape index (κ2) is 2.87. The summed E-state index contributed by atoms with van der Waals surface area (Å²) in [7, 11) is 0. The molecule has 0 saturated carbocycles. The second-order valence-corrected chi connectivity index (χ2v) is 2.72. The van der Waals surface area contributed by atoms with Crippen molar-refractivity contribution < 1.29 is 0 Å². The Morgan fingerprint density at radius 2 is 2.00 bits per heavy atom. The topological polar surface area (TPSA) is 122 Å². The first kappa shape index (κ1) is 8.30. The van der Waals surface area contributed by atoms with E-state index in [-0.39, 0.29) is 5.95 Å². The minimum atomic E-state index is 0.149. The Balaban J connectivity index is 2.55. The number of rotatable bonds is 1. The molecule has 2 aromatic heterocycles. The van der Waals surface area contributed by atoms with Crippen LogP contribution < -0.4 is 17.3 Å². The van der Waals surface area contributed by atoms with E-state index in [0.717, 1.165) is 5.56 Å². The third-order valence-corrected chi connectivity index (χ3v) is 1.76. The first-order chi connectivity index (χ1) is 6.68. The average molecular weight is 191 g/mol. The van der Waals surface area contributed by atoms with Crippen molar-refractivity contribution in [3.05, 3.63) is 18.3 Å². The summed E-state index contributed by atoms with van der Waals surface area (Å²) in [5.74, 6) is 6.59. The zero-order chi connectivity index (χ0) is 10.1. The first-order valence-corrected chi connectivity index (χ1v) is 3.86. The largest absolute Gasteiger partial charge is 0.384 e. The molecule has 0 aromatic carbocycles. The van der Waals surface area contributed by atoms with Gasteiger partial charge in [0, 0.05) is 11.8 Å². The minimum absolute atomic E-state index is 0.149. The number of pyridine rings is 1. The van der Waals surface area contributed by atoms with E-state index in [1.807, 2.05) is 0 Å². The molecule has 2 rings (SSSR count). The van der Waals surface area contributed by atoms with Gasteiger partial charge in [0.05, 0.1) is 0 Å². The Bertz CT molecular complexity index is 461. The summed E-state index contributed by atoms with van der Waals surface area (Å²) in [6.07, 6.45) is 1.57. The fourth-order valence-electron chi connectivity index (χ4n) is 1.09. The smallest absolute Gasteiger partial charge is 0.241 e. The lowest BCUT2D eigenvalue weighted by atomic mass is 10.2. The van der Waals surface area contributed by atoms with Gasteiger partial charge in [-0.25, -0.2) is 9.66 Å². The highest BCUT2D eigenvalue weighted by Gasteiger charge is 2.08. The van der Waals surface area contributed by atoms with E-state index in [0.29, 0.717) is 11.6 Å². The SMILES string of the molecule is Nc1cc(-c2nnc(N)n2N)ccn1. The van der Waals surface area contributed by atoms with Crippen LogP contribution in [0.3, 0.4) is 0 Å². The highest BCUT2D eigenvalue weighted by Crippen LogP contribution is 2.17. The van der Waals surface area contributed by atoms with Crippen molar-refractivity contribution in [1.29, 1.82) is 0 Å². The van der Waals surface area contributed by atoms with Crippen LogP contribution in [0.25, 0.3) is 11.4 Å². The van der Waals surface area contributed by atoms with Crippen molar-refractivity contribution >= 4 is 11.8 Å². The molecule has 72 valence electrons. The zero-order valence-corrected chi connectivity index (χ0v) is 7.25. The second-order valence-electron chi connectivity index (χ2n) is 2.72. The number of hydrogen-bond acceptors (Lipinski definition) is 6. The lowest BCUT2D eigenvalue weighted by Gasteiger charge is -2.01. The predicted molar refractivity (Wildman–Crippen MR) is 52.2 cm³/mol. The monoisotopic (exact) mass is 191 g/mol. The van der Waals surface area contributed by atoms with Crippen LogP contribution in [0.2, 0.25) is 0 Å². The van der Waals surface area contributed by atoms with Crippen LogP contribution in [-0.4, -0.2) is 19.9 Å². The number of hydrogen-bond donors (Lipinski definition) is 3. The minimum Gasteiger partial charge on any atom is -0.384 e. The molecule has 0 aliphatic heterocycles. The molecular formula is C7H9N7. The molecule has 2 heterocycles. The van der Waals surface area contributed by atoms with Crippen LogP contribution in [0, 0.1) is 0 Å². The van der Waals surface area contributed by atoms with Gasteiger partial charge >= 0.3 is 0 Å². The third kappa shape index (κ3) is 1.20. The van der Waals surface area contributed by atoms with Gasteiger partial charge in [-0.15, -0.1) is 10.2 Å². The van der Waals surface area contributed by atoms with Crippen molar-refractivity contribution in [3.8, 4) is 11.4 Å². The third-order valence-electron chi connectivity index (χ3n) is 1.76. The molecule has 0 aliphatic carbocycles. The van der Waals surface area contributed by atoms with E-state index in [1.54, 1.807) is 18.3 Å². The van der Waals surface area contributed by atoms with Gasteiger partial charge in [0.25, 0.3) is 0 Å². The number of aromatic nitrogens is 4. The molecule has 7 nitrogen and oxygen atoms in total. The Kier molecular flexibility index (Phi) is 1.70. The number of nitrogen functional groups attached to an aromatic ring is 3. The molecule has 14 heavy (non-hydrogen) atoms. The van der Waals surface area contributed by atoms with Crippen molar-refractivity contribution in [2.75, 3.05) is 17.3 Å². The van der Waals surface area contributed by atoms with Crippen molar-refractivity contribution in [2.45, 2.75) is 0 Å². The highest BCUT2D eigenvalue weighted by molar-refractivity contribution is 5.59. The van der Waals surface area contributed by atoms with Crippen molar-refractivity contribution in [3.63, 3.8) is 0 Å². The maximum Gasteiger partial charge on any atom is 0.241 e. The van der Waals surface area contributed by atoms with Gasteiger partial charge < -0.3 is 17.3 Å². The molecule has 0 bridgehead atoms. The van der Waals surface area contributed by atoms with Gasteiger partial charge in [-0.2, -0.15) is 0 Å². The summed E-state index contributed by atoms with van der Waals surface area (Å²) in [5.41, 5.74) is 11.7. The maximum absolute atomic E-state index is 5.59.